The molecule has 0 aromatic rings. The summed E-state index contributed by atoms with van der Waals surface area (Å²) >= 11 is 3.31. The molecule has 214 valence electrons. The number of ether oxygens (including phenoxy) is 2. The Morgan fingerprint density at radius 1 is 0.946 bits per heavy atom. The summed E-state index contributed by atoms with van der Waals surface area (Å²) in [6, 6.07) is -1.00. The summed E-state index contributed by atoms with van der Waals surface area (Å²) < 4.78 is 10.3. The maximum absolute atomic E-state index is 12.5. The van der Waals surface area contributed by atoms with Crippen LogP contribution in [0.5, 0.6) is 0 Å². The van der Waals surface area contributed by atoms with Gasteiger partial charge in [-0.15, -0.1) is 0 Å². The lowest BCUT2D eigenvalue weighted by Crippen LogP contribution is -2.51. The molecule has 2 saturated heterocycles. The van der Waals surface area contributed by atoms with E-state index in [1.807, 2.05) is 23.9 Å². The number of carbonyl (C=O) groups is 4. The molecular weight excluding hydrogens is 518 g/mol. The van der Waals surface area contributed by atoms with E-state index in [1.165, 1.54) is 0 Å². The average Bonchev–Trinajstić information content (AvgIpc) is 3.03. The number of carbonyl (C=O) groups excluding carboxylic acids is 4. The van der Waals surface area contributed by atoms with Crippen LogP contribution in [-0.2, 0) is 19.1 Å². The van der Waals surface area contributed by atoms with Gasteiger partial charge in [0.05, 0.1) is 0 Å². The van der Waals surface area contributed by atoms with Crippen molar-refractivity contribution in [2.24, 2.45) is 0 Å². The van der Waals surface area contributed by atoms with Crippen LogP contribution in [0.25, 0.3) is 0 Å². The van der Waals surface area contributed by atoms with Gasteiger partial charge >= 0.3 is 12.2 Å². The molecule has 2 rings (SSSR count). The molecule has 11 nitrogen and oxygen atoms in total. The third-order valence-corrected chi connectivity index (χ3v) is 6.85. The lowest BCUT2D eigenvalue weighted by molar-refractivity contribution is -0.132. The molecule has 13 heteroatoms. The van der Waals surface area contributed by atoms with E-state index in [2.05, 4.69) is 16.0 Å². The van der Waals surface area contributed by atoms with Crippen molar-refractivity contribution in [1.82, 2.24) is 25.8 Å². The predicted octanol–water partition coefficient (Wildman–Crippen LogP) is 1.76. The number of hydrogen-bond donors (Lipinski definition) is 3. The molecule has 2 heterocycles. The molecule has 2 aliphatic heterocycles. The van der Waals surface area contributed by atoms with Gasteiger partial charge in [0, 0.05) is 49.2 Å². The highest BCUT2D eigenvalue weighted by Crippen LogP contribution is 2.14. The van der Waals surface area contributed by atoms with Crippen LogP contribution in [0, 0.1) is 0 Å². The summed E-state index contributed by atoms with van der Waals surface area (Å²) in [5.41, 5.74) is -1.10. The summed E-state index contributed by atoms with van der Waals surface area (Å²) in [5, 5.41) is 8.00. The van der Waals surface area contributed by atoms with E-state index < -0.39 is 35.5 Å². The number of thioether (sulfide) groups is 2. The number of amides is 4. The molecule has 3 N–H and O–H groups in total. The van der Waals surface area contributed by atoms with Gasteiger partial charge in [-0.3, -0.25) is 9.59 Å². The number of alkyl carbamates (subject to hydrolysis) is 2. The molecule has 2 fully saturated rings. The van der Waals surface area contributed by atoms with Crippen LogP contribution >= 0.6 is 23.5 Å². The number of nitrogens with zero attached hydrogens (tertiary/aromatic N) is 2. The van der Waals surface area contributed by atoms with E-state index in [-0.39, 0.29) is 11.8 Å². The van der Waals surface area contributed by atoms with E-state index in [0.29, 0.717) is 24.6 Å². The highest BCUT2D eigenvalue weighted by molar-refractivity contribution is 7.99. The second-order valence-corrected chi connectivity index (χ2v) is 13.3. The Morgan fingerprint density at radius 3 is 2.00 bits per heavy atom. The number of likely N-dealkylation sites (N-methyl/N-ethyl adjacent to an activating group) is 1. The zero-order valence-corrected chi connectivity index (χ0v) is 25.1. The van der Waals surface area contributed by atoms with E-state index in [1.54, 1.807) is 65.1 Å². The standard InChI is InChI=1S/C14H27N3O3S.C10H18N2O3S/c1-14(2,3)20-13(19)15-11-10-21-9-8-17(12(11)18)7-6-16(4)5;1-10(2,3)15-9(14)12-7-6-16-5-4-11-8(7)13/h11H,6-10H2,1-5H3,(H,15,19);7H,4-6H2,1-3H3,(H,11,13)(H,12,14). The fraction of sp³-hybridized carbons (Fsp3) is 0.833. The van der Waals surface area contributed by atoms with Crippen LogP contribution in [0.3, 0.4) is 0 Å². The summed E-state index contributed by atoms with van der Waals surface area (Å²) in [6.45, 7) is 13.6. The van der Waals surface area contributed by atoms with Crippen LogP contribution in [0.15, 0.2) is 0 Å². The summed E-state index contributed by atoms with van der Waals surface area (Å²) in [5.74, 6) is 2.79. The Balaban J connectivity index is 0.000000384. The quantitative estimate of drug-likeness (QED) is 0.458. The molecule has 37 heavy (non-hydrogen) atoms. The minimum Gasteiger partial charge on any atom is -0.444 e. The van der Waals surface area contributed by atoms with Crippen molar-refractivity contribution in [3.05, 3.63) is 0 Å². The summed E-state index contributed by atoms with van der Waals surface area (Å²) in [7, 11) is 3.96. The summed E-state index contributed by atoms with van der Waals surface area (Å²) in [4.78, 5) is 51.2. The molecule has 0 radical (unpaired) electrons. The molecule has 0 aliphatic carbocycles. The van der Waals surface area contributed by atoms with Crippen molar-refractivity contribution in [3.63, 3.8) is 0 Å². The van der Waals surface area contributed by atoms with Crippen LogP contribution in [0.4, 0.5) is 9.59 Å². The van der Waals surface area contributed by atoms with Crippen molar-refractivity contribution in [3.8, 4) is 0 Å². The Labute approximate surface area is 229 Å². The van der Waals surface area contributed by atoms with E-state index >= 15 is 0 Å². The van der Waals surface area contributed by atoms with Gasteiger partial charge in [0.2, 0.25) is 11.8 Å². The molecule has 2 aliphatic rings. The zero-order valence-electron chi connectivity index (χ0n) is 23.5. The largest absolute Gasteiger partial charge is 0.444 e. The average molecular weight is 564 g/mol. The van der Waals surface area contributed by atoms with Crippen molar-refractivity contribution in [2.45, 2.75) is 64.8 Å². The first kappa shape index (κ1) is 33.2. The minimum atomic E-state index is -0.560. The summed E-state index contributed by atoms with van der Waals surface area (Å²) in [6.07, 6.45) is -1.08. The van der Waals surface area contributed by atoms with Crippen molar-refractivity contribution in [1.29, 1.82) is 0 Å². The SMILES string of the molecule is CC(C)(C)OC(=O)NC1CSCCNC1=O.CN(C)CCN1CCSCC(NC(=O)OC(C)(C)C)C1=O. The van der Waals surface area contributed by atoms with Crippen LogP contribution in [0.2, 0.25) is 0 Å². The number of rotatable bonds is 5. The smallest absolute Gasteiger partial charge is 0.408 e. The Morgan fingerprint density at radius 2 is 1.46 bits per heavy atom. The fourth-order valence-electron chi connectivity index (χ4n) is 3.08. The van der Waals surface area contributed by atoms with Crippen LogP contribution in [0.1, 0.15) is 41.5 Å². The maximum Gasteiger partial charge on any atom is 0.408 e. The first-order valence-electron chi connectivity index (χ1n) is 12.4. The molecule has 2 unspecified atom stereocenters. The highest BCUT2D eigenvalue weighted by Gasteiger charge is 2.30. The monoisotopic (exact) mass is 563 g/mol. The van der Waals surface area contributed by atoms with Gasteiger partial charge < -0.3 is 35.2 Å². The van der Waals surface area contributed by atoms with E-state index in [9.17, 15) is 19.2 Å². The number of nitrogens with one attached hydrogen (secondary N) is 3. The van der Waals surface area contributed by atoms with Gasteiger partial charge in [-0.1, -0.05) is 0 Å². The van der Waals surface area contributed by atoms with Crippen molar-refractivity contribution < 1.29 is 28.7 Å². The predicted molar refractivity (Wildman–Crippen MR) is 149 cm³/mol. The second-order valence-electron chi connectivity index (χ2n) is 11.0. The van der Waals surface area contributed by atoms with Crippen molar-refractivity contribution >= 4 is 47.5 Å². The topological polar surface area (TPSA) is 129 Å². The third kappa shape index (κ3) is 15.2. The normalized spacial score (nSPS) is 21.1. The third-order valence-electron chi connectivity index (χ3n) is 4.75. The second kappa shape index (κ2) is 15.5. The van der Waals surface area contributed by atoms with E-state index in [4.69, 9.17) is 9.47 Å². The van der Waals surface area contributed by atoms with Crippen molar-refractivity contribution in [2.75, 3.05) is 63.3 Å². The Hall–Kier alpha value is -1.86. The van der Waals surface area contributed by atoms with Gasteiger partial charge in [0.25, 0.3) is 0 Å². The first-order valence-corrected chi connectivity index (χ1v) is 14.7. The Kier molecular flexibility index (Phi) is 13.9. The molecule has 0 aromatic heterocycles. The molecule has 0 bridgehead atoms. The highest BCUT2D eigenvalue weighted by atomic mass is 32.2. The molecule has 2 atom stereocenters. The zero-order chi connectivity index (χ0) is 28.2. The van der Waals surface area contributed by atoms with Crippen LogP contribution in [-0.4, -0.2) is 120 Å². The lowest BCUT2D eigenvalue weighted by Gasteiger charge is -2.27. The maximum atomic E-state index is 12.5. The van der Waals surface area contributed by atoms with Gasteiger partial charge in [-0.25, -0.2) is 9.59 Å². The van der Waals surface area contributed by atoms with Gasteiger partial charge in [-0.05, 0) is 55.6 Å². The first-order chi connectivity index (χ1) is 17.1. The fourth-order valence-corrected chi connectivity index (χ4v) is 4.94. The molecule has 0 aromatic carbocycles. The van der Waals surface area contributed by atoms with Gasteiger partial charge in [-0.2, -0.15) is 23.5 Å². The molecule has 0 saturated carbocycles. The molecule has 0 spiro atoms. The van der Waals surface area contributed by atoms with Gasteiger partial charge in [0.15, 0.2) is 0 Å². The Bertz CT molecular complexity index is 770. The lowest BCUT2D eigenvalue weighted by atomic mass is 10.2. The van der Waals surface area contributed by atoms with Gasteiger partial charge in [0.1, 0.15) is 23.3 Å². The minimum absolute atomic E-state index is 0.0206. The molecule has 4 amide bonds. The number of hydrogen-bond acceptors (Lipinski definition) is 9. The molecular formula is C24H45N5O6S2. The van der Waals surface area contributed by atoms with Crippen LogP contribution < -0.4 is 16.0 Å². The van der Waals surface area contributed by atoms with E-state index in [0.717, 1.165) is 24.6 Å².